The largest absolute Gasteiger partial charge is 0.506 e. The number of nitrogens with zero attached hydrogens (tertiary/aromatic N) is 1. The number of carbonyl (C=O) groups excluding carboxylic acids is 7. The number of hydrogen-bond donors (Lipinski definition) is 3. The number of phenols is 1. The predicted molar refractivity (Wildman–Crippen MR) is 127 cm³/mol. The number of rotatable bonds is 4. The zero-order valence-corrected chi connectivity index (χ0v) is 21.4. The topological polar surface area (TPSA) is 198 Å². The van der Waals surface area contributed by atoms with Gasteiger partial charge in [0.25, 0.3) is 0 Å². The van der Waals surface area contributed by atoms with Gasteiger partial charge in [0.2, 0.25) is 5.91 Å². The zero-order chi connectivity index (χ0) is 28.6. The molecule has 3 aliphatic rings. The third-order valence-corrected chi connectivity index (χ3v) is 8.14. The van der Waals surface area contributed by atoms with Crippen molar-refractivity contribution in [1.82, 2.24) is 4.90 Å². The van der Waals surface area contributed by atoms with Gasteiger partial charge < -0.3 is 20.7 Å². The first-order valence-electron chi connectivity index (χ1n) is 12.0. The predicted octanol–water partition coefficient (Wildman–Crippen LogP) is -0.828. The molecule has 4 N–H and O–H groups in total. The molecule has 2 fully saturated rings. The van der Waals surface area contributed by atoms with Crippen molar-refractivity contribution in [2.45, 2.75) is 44.4 Å². The van der Waals surface area contributed by atoms with Crippen LogP contribution >= 0.6 is 0 Å². The summed E-state index contributed by atoms with van der Waals surface area (Å²) >= 11 is 0. The first kappa shape index (κ1) is 27.3. The van der Waals surface area contributed by atoms with Crippen LogP contribution in [0.5, 0.6) is 5.75 Å². The van der Waals surface area contributed by atoms with Crippen molar-refractivity contribution in [3.63, 3.8) is 0 Å². The molecule has 202 valence electrons. The summed E-state index contributed by atoms with van der Waals surface area (Å²) in [7, 11) is 2.84. The summed E-state index contributed by atoms with van der Waals surface area (Å²) in [6.07, 6.45) is -1.50. The molecule has 2 unspecified atom stereocenters. The highest BCUT2D eigenvalue weighted by Gasteiger charge is 2.74. The van der Waals surface area contributed by atoms with Crippen molar-refractivity contribution in [2.24, 2.45) is 29.4 Å². The van der Waals surface area contributed by atoms with Gasteiger partial charge in [0.1, 0.15) is 11.9 Å². The Morgan fingerprint density at radius 2 is 1.66 bits per heavy atom. The molecular weight excluding hydrogens is 500 g/mol. The third kappa shape index (κ3) is 3.47. The zero-order valence-electron chi connectivity index (χ0n) is 21.4. The van der Waals surface area contributed by atoms with E-state index >= 15 is 0 Å². The Hall–Kier alpha value is -3.77. The minimum absolute atomic E-state index is 0.167. The number of hydrogen-bond acceptors (Lipinski definition) is 11. The van der Waals surface area contributed by atoms with Crippen LogP contribution in [0.25, 0.3) is 0 Å². The van der Waals surface area contributed by atoms with E-state index < -0.39 is 93.9 Å². The molecule has 0 bridgehead atoms. The number of primary amides is 1. The van der Waals surface area contributed by atoms with E-state index in [0.717, 1.165) is 6.92 Å². The molecule has 12 nitrogen and oxygen atoms in total. The highest BCUT2D eigenvalue weighted by molar-refractivity contribution is 6.32. The normalized spacial score (nSPS) is 34.3. The van der Waals surface area contributed by atoms with Crippen LogP contribution in [0, 0.1) is 23.7 Å². The van der Waals surface area contributed by atoms with Crippen LogP contribution in [0.4, 0.5) is 0 Å². The first-order chi connectivity index (χ1) is 17.6. The number of benzene rings is 1. The van der Waals surface area contributed by atoms with Crippen molar-refractivity contribution < 1.29 is 48.5 Å². The number of phenolic OH excluding ortho intramolecular Hbond substituents is 1. The van der Waals surface area contributed by atoms with E-state index in [9.17, 15) is 43.8 Å². The van der Waals surface area contributed by atoms with Crippen LogP contribution in [0.2, 0.25) is 0 Å². The number of ketones is 5. The Labute approximate surface area is 217 Å². The van der Waals surface area contributed by atoms with Gasteiger partial charge in [-0.15, -0.1) is 0 Å². The van der Waals surface area contributed by atoms with Crippen molar-refractivity contribution in [3.8, 4) is 5.75 Å². The Morgan fingerprint density at radius 1 is 1.05 bits per heavy atom. The summed E-state index contributed by atoms with van der Waals surface area (Å²) in [6.45, 7) is 3.84. The fraction of sp³-hybridized carbons (Fsp3) is 0.500. The van der Waals surface area contributed by atoms with E-state index in [1.165, 1.54) is 38.1 Å². The van der Waals surface area contributed by atoms with Gasteiger partial charge in [0.05, 0.1) is 29.0 Å². The van der Waals surface area contributed by atoms with E-state index in [1.54, 1.807) is 6.92 Å². The van der Waals surface area contributed by atoms with Gasteiger partial charge in [0.15, 0.2) is 40.4 Å². The molecule has 4 rings (SSSR count). The monoisotopic (exact) mass is 528 g/mol. The number of Topliss-reactive ketones (excluding diaryl/α,β-unsaturated/α-hetero) is 5. The van der Waals surface area contributed by atoms with Crippen molar-refractivity contribution in [3.05, 3.63) is 28.8 Å². The summed E-state index contributed by atoms with van der Waals surface area (Å²) in [4.78, 5) is 92.4. The van der Waals surface area contributed by atoms with Gasteiger partial charge in [-0.2, -0.15) is 0 Å². The minimum Gasteiger partial charge on any atom is -0.506 e. The van der Waals surface area contributed by atoms with Gasteiger partial charge in [-0.1, -0.05) is 13.0 Å². The molecule has 1 aromatic carbocycles. The van der Waals surface area contributed by atoms with Gasteiger partial charge in [0, 0.05) is 12.8 Å². The number of aromatic hydroxyl groups is 1. The lowest BCUT2D eigenvalue weighted by Gasteiger charge is -2.56. The van der Waals surface area contributed by atoms with Crippen LogP contribution in [0.1, 0.15) is 53.0 Å². The molecule has 2 saturated carbocycles. The van der Waals surface area contributed by atoms with Crippen LogP contribution in [-0.4, -0.2) is 87.7 Å². The van der Waals surface area contributed by atoms with Gasteiger partial charge >= 0.3 is 5.97 Å². The van der Waals surface area contributed by atoms with Gasteiger partial charge in [-0.3, -0.25) is 38.5 Å². The summed E-state index contributed by atoms with van der Waals surface area (Å²) < 4.78 is 5.58. The number of aliphatic hydroxyl groups is 1. The molecule has 1 amide bonds. The quantitative estimate of drug-likeness (QED) is 0.250. The summed E-state index contributed by atoms with van der Waals surface area (Å²) in [5, 5.41) is 22.6. The number of amides is 1. The number of fused-ring (bicyclic) bond motifs is 3. The average Bonchev–Trinajstić information content (AvgIpc) is 2.80. The van der Waals surface area contributed by atoms with Crippen LogP contribution < -0.4 is 5.73 Å². The molecule has 12 heteroatoms. The van der Waals surface area contributed by atoms with E-state index in [1.807, 2.05) is 0 Å². The maximum atomic E-state index is 14.0. The smallest absolute Gasteiger partial charge is 0.302 e. The molecular formula is C26H28N2O10. The third-order valence-electron chi connectivity index (χ3n) is 8.14. The fourth-order valence-electron chi connectivity index (χ4n) is 6.58. The second-order valence-electron chi connectivity index (χ2n) is 10.4. The Bertz CT molecular complexity index is 1330. The highest BCUT2D eigenvalue weighted by atomic mass is 16.5. The molecule has 1 aromatic rings. The number of likely N-dealkylation sites (N-methyl/N-ethyl adjacent to an activating group) is 1. The number of esters is 1. The lowest BCUT2D eigenvalue weighted by Crippen LogP contribution is -2.78. The van der Waals surface area contributed by atoms with Gasteiger partial charge in [-0.25, -0.2) is 0 Å². The van der Waals surface area contributed by atoms with Crippen molar-refractivity contribution >= 4 is 40.8 Å². The van der Waals surface area contributed by atoms with E-state index in [2.05, 4.69) is 0 Å². The first-order valence-corrected chi connectivity index (χ1v) is 12.0. The number of carbonyl (C=O) groups is 7. The molecule has 38 heavy (non-hydrogen) atoms. The van der Waals surface area contributed by atoms with E-state index in [0.29, 0.717) is 0 Å². The standard InChI is InChI=1S/C26H28N2O10/c1-8-11-6-7-12(9(2)29)19(31)14(11)20(32)15-13(8)22(38-10(3)30)17-18(28(4)5)21(33)16(25(27)36)24(35)26(17,37)23(15)34/h6-8,13,15-18,22,31,37H,1-5H3,(H2,27,36)/t8-,13+,15?,16?,17+,18-,22-,26-/m0/s1. The second kappa shape index (κ2) is 8.91. The molecule has 0 aliphatic heterocycles. The molecule has 3 aliphatic carbocycles. The van der Waals surface area contributed by atoms with Crippen LogP contribution in [-0.2, 0) is 28.7 Å². The maximum Gasteiger partial charge on any atom is 0.302 e. The summed E-state index contributed by atoms with van der Waals surface area (Å²) in [5.74, 6) is -15.7. The Morgan fingerprint density at radius 3 is 2.16 bits per heavy atom. The molecule has 0 aromatic heterocycles. The summed E-state index contributed by atoms with van der Waals surface area (Å²) in [5.41, 5.74) is 2.00. The Kier molecular flexibility index (Phi) is 6.40. The van der Waals surface area contributed by atoms with E-state index in [4.69, 9.17) is 10.5 Å². The second-order valence-corrected chi connectivity index (χ2v) is 10.4. The molecule has 0 spiro atoms. The van der Waals surface area contributed by atoms with E-state index in [-0.39, 0.29) is 16.7 Å². The summed E-state index contributed by atoms with van der Waals surface area (Å²) in [6, 6.07) is 1.32. The SMILES string of the molecule is CC(=O)O[C@H]1[C@H]2C(C(=O)c3c(ccc(C(C)=O)c3O)[C@@H]2C)C(=O)[C@]2(O)C(=O)C(C(N)=O)C(=O)[C@@H](N(C)C)[C@H]12. The molecule has 8 atom stereocenters. The lowest BCUT2D eigenvalue weighted by molar-refractivity contribution is -0.205. The number of ether oxygens (including phenoxy) is 1. The van der Waals surface area contributed by atoms with Gasteiger partial charge in [-0.05, 0) is 38.6 Å². The minimum atomic E-state index is -3.09. The average molecular weight is 529 g/mol. The molecule has 0 heterocycles. The molecule has 0 radical (unpaired) electrons. The van der Waals surface area contributed by atoms with Crippen LogP contribution in [0.15, 0.2) is 12.1 Å². The number of nitrogens with two attached hydrogens (primary N) is 1. The fourth-order valence-corrected chi connectivity index (χ4v) is 6.58. The lowest BCUT2D eigenvalue weighted by atomic mass is 9.49. The maximum absolute atomic E-state index is 14.0. The Balaban J connectivity index is 2.04. The van der Waals surface area contributed by atoms with Crippen LogP contribution in [0.3, 0.4) is 0 Å². The van der Waals surface area contributed by atoms with Crippen molar-refractivity contribution in [1.29, 1.82) is 0 Å². The van der Waals surface area contributed by atoms with Crippen molar-refractivity contribution in [2.75, 3.05) is 14.1 Å². The molecule has 0 saturated heterocycles. The highest BCUT2D eigenvalue weighted by Crippen LogP contribution is 2.55.